The van der Waals surface area contributed by atoms with Crippen LogP contribution >= 0.6 is 0 Å². The number of benzene rings is 1. The van der Waals surface area contributed by atoms with Crippen molar-refractivity contribution in [3.63, 3.8) is 0 Å². The topological polar surface area (TPSA) is 110 Å². The molecule has 0 radical (unpaired) electrons. The molecule has 0 spiro atoms. The molecule has 1 saturated heterocycles. The van der Waals surface area contributed by atoms with Gasteiger partial charge in [0, 0.05) is 31.7 Å². The normalized spacial score (nSPS) is 19.2. The maximum atomic E-state index is 12.9. The van der Waals surface area contributed by atoms with Gasteiger partial charge in [0.25, 0.3) is 5.69 Å². The van der Waals surface area contributed by atoms with Crippen molar-refractivity contribution < 1.29 is 22.9 Å². The van der Waals surface area contributed by atoms with E-state index >= 15 is 0 Å². The van der Waals surface area contributed by atoms with Crippen molar-refractivity contribution in [2.75, 3.05) is 19.6 Å². The van der Waals surface area contributed by atoms with Gasteiger partial charge in [0.15, 0.2) is 4.90 Å². The van der Waals surface area contributed by atoms with Crippen molar-refractivity contribution in [1.29, 1.82) is 0 Å². The largest absolute Gasteiger partial charge is 0.444 e. The smallest absolute Gasteiger partial charge is 0.410 e. The van der Waals surface area contributed by atoms with Gasteiger partial charge in [-0.1, -0.05) is 12.1 Å². The van der Waals surface area contributed by atoms with E-state index in [1.165, 1.54) is 27.4 Å². The number of amides is 1. The molecular weight excluding hydrogens is 362 g/mol. The number of para-hydroxylation sites is 1. The van der Waals surface area contributed by atoms with E-state index in [0.29, 0.717) is 0 Å². The first kappa shape index (κ1) is 20.1. The molecule has 1 amide bonds. The standard InChI is InChI=1S/C16H23N3O6S/c1-12-11-17(9-10-18(12)15(20)25-16(2,3)4)26(23,24)14-8-6-5-7-13(14)19(21)22/h5-8,12H,9-11H2,1-4H3/t12-/m1/s1. The predicted octanol–water partition coefficient (Wildman–Crippen LogP) is 2.22. The summed E-state index contributed by atoms with van der Waals surface area (Å²) in [5.41, 5.74) is -1.11. The first-order valence-electron chi connectivity index (χ1n) is 8.16. The number of nitro benzene ring substituents is 1. The zero-order valence-corrected chi connectivity index (χ0v) is 16.0. The van der Waals surface area contributed by atoms with Crippen LogP contribution in [0.4, 0.5) is 10.5 Å². The number of hydrogen-bond acceptors (Lipinski definition) is 6. The summed E-state index contributed by atoms with van der Waals surface area (Å²) in [5.74, 6) is 0. The lowest BCUT2D eigenvalue weighted by Crippen LogP contribution is -2.56. The summed E-state index contributed by atoms with van der Waals surface area (Å²) in [5, 5.41) is 11.1. The Morgan fingerprint density at radius 3 is 2.42 bits per heavy atom. The van der Waals surface area contributed by atoms with Gasteiger partial charge in [0.2, 0.25) is 10.0 Å². The molecule has 1 aliphatic heterocycles. The molecule has 2 rings (SSSR count). The molecule has 1 atom stereocenters. The lowest BCUT2D eigenvalue weighted by Gasteiger charge is -2.39. The van der Waals surface area contributed by atoms with Crippen LogP contribution in [0.5, 0.6) is 0 Å². The van der Waals surface area contributed by atoms with E-state index in [9.17, 15) is 23.3 Å². The summed E-state index contributed by atoms with van der Waals surface area (Å²) >= 11 is 0. The Hall–Kier alpha value is -2.20. The number of hydrogen-bond donors (Lipinski definition) is 0. The van der Waals surface area contributed by atoms with Gasteiger partial charge in [-0.2, -0.15) is 4.31 Å². The number of sulfonamides is 1. The van der Waals surface area contributed by atoms with Gasteiger partial charge in [-0.25, -0.2) is 13.2 Å². The van der Waals surface area contributed by atoms with Gasteiger partial charge in [-0.05, 0) is 33.8 Å². The minimum atomic E-state index is -4.04. The van der Waals surface area contributed by atoms with Crippen molar-refractivity contribution in [2.24, 2.45) is 0 Å². The zero-order chi connectivity index (χ0) is 19.7. The number of ether oxygens (including phenoxy) is 1. The van der Waals surface area contributed by atoms with E-state index in [4.69, 9.17) is 4.74 Å². The second kappa shape index (κ2) is 7.20. The van der Waals surface area contributed by atoms with Gasteiger partial charge < -0.3 is 9.64 Å². The van der Waals surface area contributed by atoms with Gasteiger partial charge in [0.1, 0.15) is 5.60 Å². The van der Waals surface area contributed by atoms with Crippen LogP contribution < -0.4 is 0 Å². The molecular formula is C16H23N3O6S. The number of nitrogens with zero attached hydrogens (tertiary/aromatic N) is 3. The monoisotopic (exact) mass is 385 g/mol. The Morgan fingerprint density at radius 2 is 1.88 bits per heavy atom. The minimum absolute atomic E-state index is 0.0353. The average molecular weight is 385 g/mol. The molecule has 144 valence electrons. The number of piperazine rings is 1. The first-order valence-corrected chi connectivity index (χ1v) is 9.60. The molecule has 1 aliphatic rings. The van der Waals surface area contributed by atoms with Crippen LogP contribution in [-0.4, -0.2) is 59.9 Å². The molecule has 10 heteroatoms. The highest BCUT2D eigenvalue weighted by Crippen LogP contribution is 2.28. The molecule has 0 unspecified atom stereocenters. The van der Waals surface area contributed by atoms with E-state index in [1.54, 1.807) is 27.7 Å². The Morgan fingerprint density at radius 1 is 1.27 bits per heavy atom. The molecule has 9 nitrogen and oxygen atoms in total. The first-order chi connectivity index (χ1) is 11.9. The molecule has 1 heterocycles. The average Bonchev–Trinajstić information content (AvgIpc) is 2.52. The fraction of sp³-hybridized carbons (Fsp3) is 0.562. The van der Waals surface area contributed by atoms with E-state index in [1.807, 2.05) is 0 Å². The molecule has 0 aliphatic carbocycles. The summed E-state index contributed by atoms with van der Waals surface area (Å²) < 4.78 is 32.2. The molecule has 0 saturated carbocycles. The summed E-state index contributed by atoms with van der Waals surface area (Å²) in [4.78, 5) is 23.8. The summed E-state index contributed by atoms with van der Waals surface area (Å²) in [6.07, 6.45) is -0.507. The van der Waals surface area contributed by atoms with Crippen LogP contribution in [0, 0.1) is 10.1 Å². The van der Waals surface area contributed by atoms with Crippen LogP contribution in [0.3, 0.4) is 0 Å². The molecule has 0 bridgehead atoms. The third-order valence-electron chi connectivity index (χ3n) is 3.90. The number of carbonyl (C=O) groups excluding carboxylic acids is 1. The number of rotatable bonds is 3. The summed E-state index contributed by atoms with van der Waals surface area (Å²) in [7, 11) is -4.04. The van der Waals surface area contributed by atoms with E-state index in [-0.39, 0.29) is 24.5 Å². The summed E-state index contributed by atoms with van der Waals surface area (Å²) in [6, 6.07) is 4.82. The third kappa shape index (κ3) is 4.31. The van der Waals surface area contributed by atoms with E-state index < -0.39 is 38.4 Å². The zero-order valence-electron chi connectivity index (χ0n) is 15.2. The van der Waals surface area contributed by atoms with Gasteiger partial charge in [0.05, 0.1) is 4.92 Å². The molecule has 26 heavy (non-hydrogen) atoms. The molecule has 1 fully saturated rings. The molecule has 0 N–H and O–H groups in total. The van der Waals surface area contributed by atoms with Crippen LogP contribution in [0.25, 0.3) is 0 Å². The fourth-order valence-electron chi connectivity index (χ4n) is 2.70. The van der Waals surface area contributed by atoms with Crippen LogP contribution in [-0.2, 0) is 14.8 Å². The van der Waals surface area contributed by atoms with Crippen molar-refractivity contribution in [1.82, 2.24) is 9.21 Å². The number of carbonyl (C=O) groups is 1. The van der Waals surface area contributed by atoms with Crippen molar-refractivity contribution in [3.8, 4) is 0 Å². The van der Waals surface area contributed by atoms with Crippen molar-refractivity contribution in [3.05, 3.63) is 34.4 Å². The SMILES string of the molecule is C[C@@H]1CN(S(=O)(=O)c2ccccc2[N+](=O)[O-])CCN1C(=O)OC(C)(C)C. The van der Waals surface area contributed by atoms with Crippen LogP contribution in [0.1, 0.15) is 27.7 Å². The highest BCUT2D eigenvalue weighted by Gasteiger charge is 2.38. The van der Waals surface area contributed by atoms with Crippen molar-refractivity contribution in [2.45, 2.75) is 44.2 Å². The molecule has 1 aromatic carbocycles. The minimum Gasteiger partial charge on any atom is -0.444 e. The highest BCUT2D eigenvalue weighted by molar-refractivity contribution is 7.89. The Balaban J connectivity index is 2.20. The Bertz CT molecular complexity index is 802. The maximum Gasteiger partial charge on any atom is 0.410 e. The second-order valence-electron chi connectivity index (χ2n) is 7.11. The molecule has 1 aromatic rings. The Labute approximate surface area is 152 Å². The van der Waals surface area contributed by atoms with Gasteiger partial charge in [-0.15, -0.1) is 0 Å². The quantitative estimate of drug-likeness (QED) is 0.583. The fourth-order valence-corrected chi connectivity index (χ4v) is 4.37. The summed E-state index contributed by atoms with van der Waals surface area (Å²) in [6.45, 7) is 7.20. The lowest BCUT2D eigenvalue weighted by atomic mass is 10.2. The van der Waals surface area contributed by atoms with Gasteiger partial charge in [-0.3, -0.25) is 10.1 Å². The third-order valence-corrected chi connectivity index (χ3v) is 5.81. The molecule has 0 aromatic heterocycles. The Kier molecular flexibility index (Phi) is 5.57. The maximum absolute atomic E-state index is 12.9. The highest BCUT2D eigenvalue weighted by atomic mass is 32.2. The van der Waals surface area contributed by atoms with E-state index in [0.717, 1.165) is 6.07 Å². The second-order valence-corrected chi connectivity index (χ2v) is 9.02. The van der Waals surface area contributed by atoms with Crippen LogP contribution in [0.2, 0.25) is 0 Å². The lowest BCUT2D eigenvalue weighted by molar-refractivity contribution is -0.387. The van der Waals surface area contributed by atoms with Crippen LogP contribution in [0.15, 0.2) is 29.2 Å². The number of nitro groups is 1. The van der Waals surface area contributed by atoms with E-state index in [2.05, 4.69) is 0 Å². The predicted molar refractivity (Wildman–Crippen MR) is 94.3 cm³/mol. The van der Waals surface area contributed by atoms with Gasteiger partial charge >= 0.3 is 6.09 Å². The van der Waals surface area contributed by atoms with Crippen molar-refractivity contribution >= 4 is 21.8 Å².